The van der Waals surface area contributed by atoms with Gasteiger partial charge in [-0.1, -0.05) is 13.3 Å². The zero-order valence-corrected chi connectivity index (χ0v) is 10.8. The van der Waals surface area contributed by atoms with Crippen molar-refractivity contribution in [2.24, 2.45) is 11.8 Å². The molecule has 1 aliphatic heterocycles. The predicted octanol–water partition coefficient (Wildman–Crippen LogP) is 1.62. The van der Waals surface area contributed by atoms with E-state index in [9.17, 15) is 0 Å². The number of hydrazine groups is 1. The molecule has 5 heteroatoms. The third-order valence-electron chi connectivity index (χ3n) is 3.53. The van der Waals surface area contributed by atoms with Crippen molar-refractivity contribution in [3.8, 4) is 0 Å². The van der Waals surface area contributed by atoms with Crippen LogP contribution in [0.5, 0.6) is 0 Å². The van der Waals surface area contributed by atoms with Crippen LogP contribution in [0.3, 0.4) is 0 Å². The Balaban J connectivity index is 2.29. The second-order valence-corrected chi connectivity index (χ2v) is 4.72. The number of hydrogen-bond donors (Lipinski definition) is 2. The van der Waals surface area contributed by atoms with Crippen molar-refractivity contribution >= 4 is 11.6 Å². The Morgan fingerprint density at radius 3 is 2.76 bits per heavy atom. The van der Waals surface area contributed by atoms with Gasteiger partial charge in [0, 0.05) is 18.7 Å². The van der Waals surface area contributed by atoms with E-state index in [1.807, 2.05) is 13.8 Å². The highest BCUT2D eigenvalue weighted by atomic mass is 15.3. The second-order valence-electron chi connectivity index (χ2n) is 4.72. The smallest absolute Gasteiger partial charge is 0.148 e. The van der Waals surface area contributed by atoms with Crippen LogP contribution in [0.1, 0.15) is 31.2 Å². The number of aromatic nitrogens is 2. The molecule has 1 fully saturated rings. The molecule has 1 aromatic heterocycles. The van der Waals surface area contributed by atoms with Crippen LogP contribution in [-0.4, -0.2) is 23.1 Å². The maximum Gasteiger partial charge on any atom is 0.148 e. The third kappa shape index (κ3) is 2.34. The summed E-state index contributed by atoms with van der Waals surface area (Å²) in [6, 6.07) is 0. The highest BCUT2D eigenvalue weighted by Crippen LogP contribution is 2.29. The first-order chi connectivity index (χ1) is 8.15. The summed E-state index contributed by atoms with van der Waals surface area (Å²) in [5.41, 5.74) is 3.68. The van der Waals surface area contributed by atoms with Crippen molar-refractivity contribution in [3.63, 3.8) is 0 Å². The molecule has 3 N–H and O–H groups in total. The van der Waals surface area contributed by atoms with Gasteiger partial charge in [-0.3, -0.25) is 0 Å². The van der Waals surface area contributed by atoms with Gasteiger partial charge >= 0.3 is 0 Å². The molecule has 1 unspecified atom stereocenters. The average molecular weight is 235 g/mol. The maximum atomic E-state index is 5.48. The lowest BCUT2D eigenvalue weighted by atomic mass is 10.1. The number of aryl methyl sites for hydroxylation is 1. The van der Waals surface area contributed by atoms with Crippen molar-refractivity contribution < 1.29 is 0 Å². The summed E-state index contributed by atoms with van der Waals surface area (Å²) in [4.78, 5) is 11.2. The standard InChI is InChI=1S/C12H21N5/c1-4-10-5-6-17(7-10)12-8(2)11(16-13)14-9(3)15-12/h10H,4-7,13H2,1-3H3,(H,14,15,16). The van der Waals surface area contributed by atoms with Crippen LogP contribution in [0.2, 0.25) is 0 Å². The Labute approximate surface area is 102 Å². The third-order valence-corrected chi connectivity index (χ3v) is 3.53. The Morgan fingerprint density at radius 1 is 1.41 bits per heavy atom. The lowest BCUT2D eigenvalue weighted by Crippen LogP contribution is -2.23. The van der Waals surface area contributed by atoms with Crippen LogP contribution >= 0.6 is 0 Å². The van der Waals surface area contributed by atoms with Crippen LogP contribution in [-0.2, 0) is 0 Å². The first-order valence-corrected chi connectivity index (χ1v) is 6.22. The lowest BCUT2D eigenvalue weighted by Gasteiger charge is -2.21. The maximum absolute atomic E-state index is 5.48. The Morgan fingerprint density at radius 2 is 2.18 bits per heavy atom. The fraction of sp³-hybridized carbons (Fsp3) is 0.667. The summed E-state index contributed by atoms with van der Waals surface area (Å²) in [6.07, 6.45) is 2.49. The van der Waals surface area contributed by atoms with E-state index in [2.05, 4.69) is 27.2 Å². The van der Waals surface area contributed by atoms with Gasteiger partial charge in [0.15, 0.2) is 0 Å². The van der Waals surface area contributed by atoms with Crippen LogP contribution in [0.25, 0.3) is 0 Å². The summed E-state index contributed by atoms with van der Waals surface area (Å²) in [7, 11) is 0. The van der Waals surface area contributed by atoms with Gasteiger partial charge in [0.1, 0.15) is 17.5 Å². The van der Waals surface area contributed by atoms with Gasteiger partial charge in [0.05, 0.1) is 0 Å². The Bertz CT molecular complexity index is 404. The van der Waals surface area contributed by atoms with Crippen LogP contribution in [0, 0.1) is 19.8 Å². The van der Waals surface area contributed by atoms with E-state index in [0.717, 1.165) is 42.0 Å². The van der Waals surface area contributed by atoms with Gasteiger partial charge in [-0.25, -0.2) is 15.8 Å². The fourth-order valence-electron chi connectivity index (χ4n) is 2.42. The molecule has 0 bridgehead atoms. The van der Waals surface area contributed by atoms with E-state index in [1.165, 1.54) is 12.8 Å². The predicted molar refractivity (Wildman–Crippen MR) is 69.9 cm³/mol. The largest absolute Gasteiger partial charge is 0.356 e. The molecule has 0 aliphatic carbocycles. The summed E-state index contributed by atoms with van der Waals surface area (Å²) in [6.45, 7) is 8.34. The van der Waals surface area contributed by atoms with E-state index in [-0.39, 0.29) is 0 Å². The molecule has 0 spiro atoms. The number of hydrogen-bond acceptors (Lipinski definition) is 5. The van der Waals surface area contributed by atoms with E-state index in [1.54, 1.807) is 0 Å². The normalized spacial score (nSPS) is 19.8. The van der Waals surface area contributed by atoms with Gasteiger partial charge in [-0.05, 0) is 26.2 Å². The van der Waals surface area contributed by atoms with Gasteiger partial charge in [-0.15, -0.1) is 0 Å². The quantitative estimate of drug-likeness (QED) is 0.615. The van der Waals surface area contributed by atoms with Gasteiger partial charge < -0.3 is 10.3 Å². The molecule has 2 rings (SSSR count). The molecule has 5 nitrogen and oxygen atoms in total. The monoisotopic (exact) mass is 235 g/mol. The Kier molecular flexibility index (Phi) is 3.47. The number of anilines is 2. The zero-order chi connectivity index (χ0) is 12.4. The van der Waals surface area contributed by atoms with E-state index < -0.39 is 0 Å². The molecule has 0 aromatic carbocycles. The molecule has 1 saturated heterocycles. The molecule has 1 aliphatic rings. The highest BCUT2D eigenvalue weighted by Gasteiger charge is 2.24. The van der Waals surface area contributed by atoms with Gasteiger partial charge in [0.25, 0.3) is 0 Å². The molecule has 17 heavy (non-hydrogen) atoms. The average Bonchev–Trinajstić information content (AvgIpc) is 2.80. The Hall–Kier alpha value is -1.36. The van der Waals surface area contributed by atoms with Crippen molar-refractivity contribution in [1.29, 1.82) is 0 Å². The molecule has 1 atom stereocenters. The van der Waals surface area contributed by atoms with Crippen LogP contribution in [0.4, 0.5) is 11.6 Å². The number of nitrogen functional groups attached to an aromatic ring is 1. The number of nitrogens with two attached hydrogens (primary N) is 1. The van der Waals surface area contributed by atoms with Gasteiger partial charge in [0.2, 0.25) is 0 Å². The first kappa shape index (κ1) is 12.1. The highest BCUT2D eigenvalue weighted by molar-refractivity contribution is 5.58. The van der Waals surface area contributed by atoms with E-state index in [0.29, 0.717) is 0 Å². The lowest BCUT2D eigenvalue weighted by molar-refractivity contribution is 0.568. The van der Waals surface area contributed by atoms with Crippen molar-refractivity contribution in [3.05, 3.63) is 11.4 Å². The topological polar surface area (TPSA) is 67.1 Å². The second kappa shape index (κ2) is 4.87. The fourth-order valence-corrected chi connectivity index (χ4v) is 2.42. The minimum absolute atomic E-state index is 0.729. The molecule has 0 amide bonds. The summed E-state index contributed by atoms with van der Waals surface area (Å²) < 4.78 is 0. The summed E-state index contributed by atoms with van der Waals surface area (Å²) in [5.74, 6) is 8.79. The van der Waals surface area contributed by atoms with Crippen molar-refractivity contribution in [1.82, 2.24) is 9.97 Å². The van der Waals surface area contributed by atoms with Crippen LogP contribution < -0.4 is 16.2 Å². The molecular weight excluding hydrogens is 214 g/mol. The zero-order valence-electron chi connectivity index (χ0n) is 10.8. The minimum atomic E-state index is 0.729. The van der Waals surface area contributed by atoms with E-state index >= 15 is 0 Å². The SMILES string of the molecule is CCC1CCN(c2nc(C)nc(NN)c2C)C1. The van der Waals surface area contributed by atoms with Gasteiger partial charge in [-0.2, -0.15) is 0 Å². The molecule has 1 aromatic rings. The van der Waals surface area contributed by atoms with Crippen LogP contribution in [0.15, 0.2) is 0 Å². The number of nitrogens with zero attached hydrogens (tertiary/aromatic N) is 3. The molecule has 2 heterocycles. The molecular formula is C12H21N5. The molecule has 0 saturated carbocycles. The van der Waals surface area contributed by atoms with Crippen molar-refractivity contribution in [2.45, 2.75) is 33.6 Å². The first-order valence-electron chi connectivity index (χ1n) is 6.22. The summed E-state index contributed by atoms with van der Waals surface area (Å²) >= 11 is 0. The van der Waals surface area contributed by atoms with Crippen molar-refractivity contribution in [2.75, 3.05) is 23.4 Å². The number of nitrogens with one attached hydrogen (secondary N) is 1. The molecule has 94 valence electrons. The number of rotatable bonds is 3. The summed E-state index contributed by atoms with van der Waals surface area (Å²) in [5, 5.41) is 0. The molecule has 0 radical (unpaired) electrons. The van der Waals surface area contributed by atoms with E-state index in [4.69, 9.17) is 5.84 Å². The minimum Gasteiger partial charge on any atom is -0.356 e.